The molecule has 0 heterocycles. The van der Waals surface area contributed by atoms with Crippen LogP contribution in [-0.2, 0) is 4.74 Å². The minimum absolute atomic E-state index is 0.0682. The molecule has 0 aliphatic carbocycles. The van der Waals surface area contributed by atoms with E-state index in [2.05, 4.69) is 18.7 Å². The Morgan fingerprint density at radius 3 is 2.50 bits per heavy atom. The zero-order valence-corrected chi connectivity index (χ0v) is 13.3. The molecule has 1 rings (SSSR count). The summed E-state index contributed by atoms with van der Waals surface area (Å²) in [5, 5.41) is 0.522. The summed E-state index contributed by atoms with van der Waals surface area (Å²) in [4.78, 5) is 14.6. The van der Waals surface area contributed by atoms with Crippen molar-refractivity contribution in [3.05, 3.63) is 34.9 Å². The van der Waals surface area contributed by atoms with Crippen LogP contribution in [0.5, 0.6) is 0 Å². The zero-order chi connectivity index (χ0) is 15.0. The van der Waals surface area contributed by atoms with E-state index in [-0.39, 0.29) is 5.78 Å². The number of ether oxygens (including phenoxy) is 1. The molecule has 4 heteroatoms. The van der Waals surface area contributed by atoms with Gasteiger partial charge >= 0.3 is 0 Å². The average Bonchev–Trinajstić information content (AvgIpc) is 2.46. The van der Waals surface area contributed by atoms with Gasteiger partial charge in [-0.05, 0) is 25.0 Å². The van der Waals surface area contributed by atoms with E-state index in [4.69, 9.17) is 16.3 Å². The van der Waals surface area contributed by atoms with Crippen molar-refractivity contribution < 1.29 is 9.53 Å². The van der Waals surface area contributed by atoms with E-state index in [1.54, 1.807) is 19.2 Å². The Bertz CT molecular complexity index is 419. The van der Waals surface area contributed by atoms with E-state index >= 15 is 0 Å². The van der Waals surface area contributed by atoms with Gasteiger partial charge < -0.3 is 4.74 Å². The van der Waals surface area contributed by atoms with Gasteiger partial charge in [0.05, 0.1) is 18.2 Å². The number of halogens is 1. The molecule has 0 unspecified atom stereocenters. The standard InChI is InChI=1S/C16H24ClNO2/c1-4-13(5-2)18(10-11-20-3)12-16(19)14-8-6-7-9-15(14)17/h6-9,13H,4-5,10-12H2,1-3H3. The Balaban J connectivity index is 2.78. The molecular formula is C16H24ClNO2. The Kier molecular flexibility index (Phi) is 7.82. The number of methoxy groups -OCH3 is 1. The van der Waals surface area contributed by atoms with Gasteiger partial charge in [0.1, 0.15) is 0 Å². The predicted molar refractivity (Wildman–Crippen MR) is 83.6 cm³/mol. The monoisotopic (exact) mass is 297 g/mol. The second-order valence-corrected chi connectivity index (χ2v) is 5.24. The van der Waals surface area contributed by atoms with Gasteiger partial charge in [0.15, 0.2) is 5.78 Å². The van der Waals surface area contributed by atoms with Crippen molar-refractivity contribution in [2.75, 3.05) is 26.8 Å². The zero-order valence-electron chi connectivity index (χ0n) is 12.6. The first-order chi connectivity index (χ1) is 9.63. The molecule has 0 aliphatic heterocycles. The van der Waals surface area contributed by atoms with Crippen LogP contribution in [0.3, 0.4) is 0 Å². The SMILES string of the molecule is CCC(CC)N(CCOC)CC(=O)c1ccccc1Cl. The number of hydrogen-bond donors (Lipinski definition) is 0. The number of hydrogen-bond acceptors (Lipinski definition) is 3. The van der Waals surface area contributed by atoms with Gasteiger partial charge in [0.25, 0.3) is 0 Å². The fraction of sp³-hybridized carbons (Fsp3) is 0.562. The van der Waals surface area contributed by atoms with Crippen molar-refractivity contribution >= 4 is 17.4 Å². The fourth-order valence-corrected chi connectivity index (χ4v) is 2.60. The maximum absolute atomic E-state index is 12.4. The van der Waals surface area contributed by atoms with Gasteiger partial charge in [-0.3, -0.25) is 9.69 Å². The molecule has 0 radical (unpaired) electrons. The highest BCUT2D eigenvalue weighted by Crippen LogP contribution is 2.17. The lowest BCUT2D eigenvalue weighted by molar-refractivity contribution is 0.0811. The molecule has 20 heavy (non-hydrogen) atoms. The molecule has 0 spiro atoms. The van der Waals surface area contributed by atoms with Crippen molar-refractivity contribution in [2.45, 2.75) is 32.7 Å². The Hall–Kier alpha value is -0.900. The lowest BCUT2D eigenvalue weighted by Crippen LogP contribution is -2.40. The van der Waals surface area contributed by atoms with Crippen LogP contribution in [0.15, 0.2) is 24.3 Å². The molecule has 0 saturated carbocycles. The fourth-order valence-electron chi connectivity index (χ4n) is 2.36. The molecule has 1 aromatic rings. The number of ketones is 1. The molecule has 0 amide bonds. The highest BCUT2D eigenvalue weighted by atomic mass is 35.5. The Morgan fingerprint density at radius 1 is 1.30 bits per heavy atom. The van der Waals surface area contributed by atoms with Gasteiger partial charge in [-0.1, -0.05) is 37.6 Å². The topological polar surface area (TPSA) is 29.5 Å². The second kappa shape index (κ2) is 9.11. The summed E-state index contributed by atoms with van der Waals surface area (Å²) in [6.07, 6.45) is 2.05. The van der Waals surface area contributed by atoms with Crippen LogP contribution in [0.4, 0.5) is 0 Å². The molecule has 0 bridgehead atoms. The van der Waals surface area contributed by atoms with Crippen molar-refractivity contribution in [2.24, 2.45) is 0 Å². The van der Waals surface area contributed by atoms with Crippen LogP contribution in [0, 0.1) is 0 Å². The van der Waals surface area contributed by atoms with E-state index in [1.807, 2.05) is 12.1 Å². The Morgan fingerprint density at radius 2 is 1.95 bits per heavy atom. The molecule has 0 fully saturated rings. The van der Waals surface area contributed by atoms with Gasteiger partial charge in [-0.2, -0.15) is 0 Å². The average molecular weight is 298 g/mol. The lowest BCUT2D eigenvalue weighted by atomic mass is 10.1. The molecule has 0 atom stereocenters. The van der Waals surface area contributed by atoms with Crippen molar-refractivity contribution in [3.63, 3.8) is 0 Å². The molecule has 0 N–H and O–H groups in total. The summed E-state index contributed by atoms with van der Waals surface area (Å²) in [6, 6.07) is 7.62. The minimum atomic E-state index is 0.0682. The highest BCUT2D eigenvalue weighted by Gasteiger charge is 2.20. The van der Waals surface area contributed by atoms with E-state index in [0.29, 0.717) is 29.8 Å². The summed E-state index contributed by atoms with van der Waals surface area (Å²) >= 11 is 6.09. The largest absolute Gasteiger partial charge is 0.383 e. The first kappa shape index (κ1) is 17.2. The third kappa shape index (κ3) is 4.89. The van der Waals surface area contributed by atoms with Gasteiger partial charge in [0.2, 0.25) is 0 Å². The molecule has 0 saturated heterocycles. The third-order valence-corrected chi connectivity index (χ3v) is 3.89. The predicted octanol–water partition coefficient (Wildman–Crippen LogP) is 3.66. The quantitative estimate of drug-likeness (QED) is 0.652. The number of rotatable bonds is 9. The number of carbonyl (C=O) groups excluding carboxylic acids is 1. The van der Waals surface area contributed by atoms with E-state index in [1.165, 1.54) is 0 Å². The summed E-state index contributed by atoms with van der Waals surface area (Å²) in [7, 11) is 1.68. The molecule has 0 aliphatic rings. The number of carbonyl (C=O) groups is 1. The summed E-state index contributed by atoms with van der Waals surface area (Å²) in [5.41, 5.74) is 0.600. The van der Waals surface area contributed by atoms with Crippen LogP contribution in [0.2, 0.25) is 5.02 Å². The van der Waals surface area contributed by atoms with E-state index < -0.39 is 0 Å². The number of nitrogens with zero attached hydrogens (tertiary/aromatic N) is 1. The highest BCUT2D eigenvalue weighted by molar-refractivity contribution is 6.34. The summed E-state index contributed by atoms with van der Waals surface area (Å²) in [5.74, 6) is 0.0682. The molecule has 3 nitrogen and oxygen atoms in total. The minimum Gasteiger partial charge on any atom is -0.383 e. The maximum Gasteiger partial charge on any atom is 0.178 e. The molecule has 0 aromatic heterocycles. The van der Waals surface area contributed by atoms with Crippen molar-refractivity contribution in [3.8, 4) is 0 Å². The van der Waals surface area contributed by atoms with Crippen LogP contribution in [0.25, 0.3) is 0 Å². The normalized spacial score (nSPS) is 11.3. The van der Waals surface area contributed by atoms with Crippen LogP contribution < -0.4 is 0 Å². The molecule has 1 aromatic carbocycles. The first-order valence-corrected chi connectivity index (χ1v) is 7.52. The smallest absolute Gasteiger partial charge is 0.178 e. The van der Waals surface area contributed by atoms with Gasteiger partial charge in [-0.15, -0.1) is 0 Å². The summed E-state index contributed by atoms with van der Waals surface area (Å²) in [6.45, 7) is 6.08. The number of benzene rings is 1. The number of Topliss-reactive ketones (excluding diaryl/α,β-unsaturated/α-hetero) is 1. The maximum atomic E-state index is 12.4. The van der Waals surface area contributed by atoms with E-state index in [9.17, 15) is 4.79 Å². The second-order valence-electron chi connectivity index (χ2n) is 4.84. The molecular weight excluding hydrogens is 274 g/mol. The van der Waals surface area contributed by atoms with Crippen LogP contribution >= 0.6 is 11.6 Å². The van der Waals surface area contributed by atoms with Crippen molar-refractivity contribution in [1.82, 2.24) is 4.90 Å². The van der Waals surface area contributed by atoms with E-state index in [0.717, 1.165) is 19.4 Å². The summed E-state index contributed by atoms with van der Waals surface area (Å²) < 4.78 is 5.14. The van der Waals surface area contributed by atoms with Crippen molar-refractivity contribution in [1.29, 1.82) is 0 Å². The lowest BCUT2D eigenvalue weighted by Gasteiger charge is -2.29. The molecule has 112 valence electrons. The first-order valence-electron chi connectivity index (χ1n) is 7.14. The third-order valence-electron chi connectivity index (χ3n) is 3.56. The van der Waals surface area contributed by atoms with Gasteiger partial charge in [-0.25, -0.2) is 0 Å². The van der Waals surface area contributed by atoms with Crippen LogP contribution in [-0.4, -0.2) is 43.5 Å². The van der Waals surface area contributed by atoms with Crippen LogP contribution in [0.1, 0.15) is 37.0 Å². The Labute approximate surface area is 126 Å². The van der Waals surface area contributed by atoms with Gasteiger partial charge in [0, 0.05) is 25.3 Å².